The highest BCUT2D eigenvalue weighted by molar-refractivity contribution is 7.92. The molecule has 0 spiro atoms. The summed E-state index contributed by atoms with van der Waals surface area (Å²) in [5, 5.41) is 7.57. The molecule has 14 heavy (non-hydrogen) atoms. The summed E-state index contributed by atoms with van der Waals surface area (Å²) >= 11 is 0. The predicted molar refractivity (Wildman–Crippen MR) is 49.8 cm³/mol. The van der Waals surface area contributed by atoms with E-state index >= 15 is 0 Å². The van der Waals surface area contributed by atoms with Crippen LogP contribution < -0.4 is 0 Å². The number of ether oxygens (including phenoxy) is 1. The highest BCUT2D eigenvalue weighted by Gasteiger charge is 2.44. The third kappa shape index (κ3) is 2.68. The molecule has 0 radical (unpaired) electrons. The van der Waals surface area contributed by atoms with E-state index in [9.17, 15) is 13.2 Å². The Morgan fingerprint density at radius 2 is 2.14 bits per heavy atom. The molecule has 1 aliphatic rings. The smallest absolute Gasteiger partial charge is 0.322 e. The van der Waals surface area contributed by atoms with Crippen LogP contribution in [0.5, 0.6) is 0 Å². The molecule has 0 aromatic rings. The fraction of sp³-hybridized carbons (Fsp3) is 0.875. The maximum atomic E-state index is 11.6. The number of hydrogen-bond donors (Lipinski definition) is 1. The molecule has 0 heterocycles. The summed E-state index contributed by atoms with van der Waals surface area (Å²) in [6, 6.07) is 0. The average molecular weight is 222 g/mol. The SMILES string of the molecule is COCCS(=O)(=O)C(C(=O)O)C1CC1. The normalized spacial score (nSPS) is 19.2. The third-order valence-electron chi connectivity index (χ3n) is 2.25. The number of rotatable bonds is 6. The van der Waals surface area contributed by atoms with Gasteiger partial charge >= 0.3 is 5.97 Å². The molecule has 0 amide bonds. The Morgan fingerprint density at radius 3 is 2.50 bits per heavy atom. The third-order valence-corrected chi connectivity index (χ3v) is 4.35. The van der Waals surface area contributed by atoms with Crippen LogP contribution in [0.1, 0.15) is 12.8 Å². The van der Waals surface area contributed by atoms with E-state index in [1.807, 2.05) is 0 Å². The fourth-order valence-electron chi connectivity index (χ4n) is 1.37. The van der Waals surface area contributed by atoms with Crippen molar-refractivity contribution < 1.29 is 23.1 Å². The highest BCUT2D eigenvalue weighted by Crippen LogP contribution is 2.36. The minimum Gasteiger partial charge on any atom is -0.480 e. The van der Waals surface area contributed by atoms with Gasteiger partial charge in [0.15, 0.2) is 15.1 Å². The van der Waals surface area contributed by atoms with E-state index in [2.05, 4.69) is 4.74 Å². The first-order chi connectivity index (χ1) is 6.49. The van der Waals surface area contributed by atoms with Crippen molar-refractivity contribution in [2.75, 3.05) is 19.5 Å². The van der Waals surface area contributed by atoms with Crippen molar-refractivity contribution in [3.8, 4) is 0 Å². The van der Waals surface area contributed by atoms with Crippen LogP contribution in [-0.4, -0.2) is 44.2 Å². The lowest BCUT2D eigenvalue weighted by Crippen LogP contribution is -2.35. The Hall–Kier alpha value is -0.620. The van der Waals surface area contributed by atoms with Crippen LogP contribution in [0.3, 0.4) is 0 Å². The van der Waals surface area contributed by atoms with Crippen molar-refractivity contribution in [1.82, 2.24) is 0 Å². The van der Waals surface area contributed by atoms with Crippen molar-refractivity contribution in [1.29, 1.82) is 0 Å². The zero-order chi connectivity index (χ0) is 10.8. The molecule has 5 nitrogen and oxygen atoms in total. The molecule has 6 heteroatoms. The van der Waals surface area contributed by atoms with E-state index < -0.39 is 21.1 Å². The van der Waals surface area contributed by atoms with Crippen LogP contribution in [0.4, 0.5) is 0 Å². The maximum Gasteiger partial charge on any atom is 0.322 e. The van der Waals surface area contributed by atoms with Gasteiger partial charge in [-0.1, -0.05) is 0 Å². The van der Waals surface area contributed by atoms with E-state index in [1.54, 1.807) is 0 Å². The van der Waals surface area contributed by atoms with E-state index in [0.29, 0.717) is 12.8 Å². The molecule has 0 aliphatic heterocycles. The van der Waals surface area contributed by atoms with Gasteiger partial charge in [-0.2, -0.15) is 0 Å². The van der Waals surface area contributed by atoms with E-state index in [4.69, 9.17) is 5.11 Å². The largest absolute Gasteiger partial charge is 0.480 e. The van der Waals surface area contributed by atoms with Crippen LogP contribution in [0, 0.1) is 5.92 Å². The standard InChI is InChI=1S/C8H14O5S/c1-13-4-5-14(11,12)7(8(9)10)6-2-3-6/h6-7H,2-5H2,1H3,(H,9,10). The molecule has 0 aromatic heterocycles. The second-order valence-electron chi connectivity index (χ2n) is 3.46. The minimum atomic E-state index is -3.55. The van der Waals surface area contributed by atoms with Crippen molar-refractivity contribution in [2.24, 2.45) is 5.92 Å². The van der Waals surface area contributed by atoms with Gasteiger partial charge in [0.1, 0.15) is 0 Å². The van der Waals surface area contributed by atoms with Crippen LogP contribution in [0.25, 0.3) is 0 Å². The van der Waals surface area contributed by atoms with Gasteiger partial charge < -0.3 is 9.84 Å². The molecule has 1 saturated carbocycles. The predicted octanol–water partition coefficient (Wildman–Crippen LogP) is -0.0892. The first-order valence-corrected chi connectivity index (χ1v) is 6.14. The van der Waals surface area contributed by atoms with Crippen molar-refractivity contribution in [3.63, 3.8) is 0 Å². The molecule has 1 unspecified atom stereocenters. The number of carboxylic acids is 1. The molecule has 0 bridgehead atoms. The molecular formula is C8H14O5S. The lowest BCUT2D eigenvalue weighted by atomic mass is 10.3. The topological polar surface area (TPSA) is 80.7 Å². The highest BCUT2D eigenvalue weighted by atomic mass is 32.2. The van der Waals surface area contributed by atoms with Crippen LogP contribution in [0.2, 0.25) is 0 Å². The Morgan fingerprint density at radius 1 is 1.57 bits per heavy atom. The monoisotopic (exact) mass is 222 g/mol. The average Bonchev–Trinajstić information content (AvgIpc) is 2.84. The number of methoxy groups -OCH3 is 1. The lowest BCUT2D eigenvalue weighted by Gasteiger charge is -2.11. The lowest BCUT2D eigenvalue weighted by molar-refractivity contribution is -0.136. The van der Waals surface area contributed by atoms with Crippen molar-refractivity contribution in [2.45, 2.75) is 18.1 Å². The fourth-order valence-corrected chi connectivity index (χ4v) is 3.19. The minimum absolute atomic E-state index is 0.0544. The van der Waals surface area contributed by atoms with Gasteiger partial charge in [-0.25, -0.2) is 8.42 Å². The summed E-state index contributed by atoms with van der Waals surface area (Å²) in [5.41, 5.74) is 0. The quantitative estimate of drug-likeness (QED) is 0.679. The summed E-state index contributed by atoms with van der Waals surface area (Å²) in [6.07, 6.45) is 1.40. The van der Waals surface area contributed by atoms with Crippen LogP contribution >= 0.6 is 0 Å². The molecular weight excluding hydrogens is 208 g/mol. The van der Waals surface area contributed by atoms with Gasteiger partial charge in [-0.3, -0.25) is 4.79 Å². The molecule has 1 rings (SSSR count). The maximum absolute atomic E-state index is 11.6. The van der Waals surface area contributed by atoms with Crippen molar-refractivity contribution >= 4 is 15.8 Å². The van der Waals surface area contributed by atoms with Crippen LogP contribution in [-0.2, 0) is 19.4 Å². The second kappa shape index (κ2) is 4.27. The van der Waals surface area contributed by atoms with Gasteiger partial charge in [0, 0.05) is 7.11 Å². The zero-order valence-corrected chi connectivity index (χ0v) is 8.79. The second-order valence-corrected chi connectivity index (χ2v) is 5.70. The molecule has 82 valence electrons. The van der Waals surface area contributed by atoms with Gasteiger partial charge in [0.2, 0.25) is 0 Å². The summed E-state index contributed by atoms with van der Waals surface area (Å²) in [5.74, 6) is -1.63. The molecule has 0 saturated heterocycles. The molecule has 0 aromatic carbocycles. The molecule has 1 fully saturated rings. The number of carbonyl (C=O) groups is 1. The molecule has 1 atom stereocenters. The summed E-state index contributed by atoms with van der Waals surface area (Å²) in [4.78, 5) is 10.8. The molecule has 1 aliphatic carbocycles. The first-order valence-electron chi connectivity index (χ1n) is 4.42. The van der Waals surface area contributed by atoms with Crippen LogP contribution in [0.15, 0.2) is 0 Å². The number of hydrogen-bond acceptors (Lipinski definition) is 4. The van der Waals surface area contributed by atoms with Gasteiger partial charge in [-0.15, -0.1) is 0 Å². The van der Waals surface area contributed by atoms with E-state index in [-0.39, 0.29) is 18.3 Å². The number of carboxylic acid groups (broad SMARTS) is 1. The van der Waals surface area contributed by atoms with E-state index in [1.165, 1.54) is 7.11 Å². The summed E-state index contributed by atoms with van der Waals surface area (Å²) in [7, 11) is -2.15. The number of aliphatic carboxylic acids is 1. The Balaban J connectivity index is 2.70. The molecule has 1 N–H and O–H groups in total. The summed E-state index contributed by atoms with van der Waals surface area (Å²) in [6.45, 7) is 0.0544. The van der Waals surface area contributed by atoms with Gasteiger partial charge in [0.25, 0.3) is 0 Å². The Bertz CT molecular complexity index is 304. The number of sulfone groups is 1. The van der Waals surface area contributed by atoms with Gasteiger partial charge in [-0.05, 0) is 18.8 Å². The first kappa shape index (κ1) is 11.5. The van der Waals surface area contributed by atoms with E-state index in [0.717, 1.165) is 0 Å². The summed E-state index contributed by atoms with van der Waals surface area (Å²) < 4.78 is 27.7. The Labute approximate surface area is 83.0 Å². The van der Waals surface area contributed by atoms with Crippen molar-refractivity contribution in [3.05, 3.63) is 0 Å². The van der Waals surface area contributed by atoms with Gasteiger partial charge in [0.05, 0.1) is 12.4 Å². The Kier molecular flexibility index (Phi) is 3.49. The zero-order valence-electron chi connectivity index (χ0n) is 7.97.